The SMILES string of the molecule is CN(Cc1ccc(OC(F)F)cc1)C(=O)C1CC12CCNCC2. The monoisotopic (exact) mass is 324 g/mol. The molecule has 3 rings (SSSR count). The second-order valence-corrected chi connectivity index (χ2v) is 6.59. The van der Waals surface area contributed by atoms with Crippen LogP contribution in [0.3, 0.4) is 0 Å². The first-order valence-corrected chi connectivity index (χ1v) is 8.00. The molecule has 2 fully saturated rings. The van der Waals surface area contributed by atoms with Gasteiger partial charge in [0.1, 0.15) is 5.75 Å². The van der Waals surface area contributed by atoms with Gasteiger partial charge >= 0.3 is 6.61 Å². The number of ether oxygens (including phenoxy) is 1. The maximum Gasteiger partial charge on any atom is 0.387 e. The molecule has 126 valence electrons. The predicted molar refractivity (Wildman–Crippen MR) is 82.2 cm³/mol. The molecule has 0 bridgehead atoms. The van der Waals surface area contributed by atoms with Crippen LogP contribution in [0.5, 0.6) is 5.75 Å². The number of carbonyl (C=O) groups is 1. The summed E-state index contributed by atoms with van der Waals surface area (Å²) in [7, 11) is 1.80. The van der Waals surface area contributed by atoms with Crippen molar-refractivity contribution in [3.05, 3.63) is 29.8 Å². The first-order valence-electron chi connectivity index (χ1n) is 8.00. The molecule has 1 aliphatic carbocycles. The van der Waals surface area contributed by atoms with Gasteiger partial charge in [0.05, 0.1) is 0 Å². The predicted octanol–water partition coefficient (Wildman–Crippen LogP) is 2.64. The number of halogens is 2. The minimum atomic E-state index is -2.82. The zero-order valence-electron chi connectivity index (χ0n) is 13.2. The van der Waals surface area contributed by atoms with E-state index in [0.717, 1.165) is 37.9 Å². The largest absolute Gasteiger partial charge is 0.435 e. The van der Waals surface area contributed by atoms with E-state index in [2.05, 4.69) is 10.1 Å². The Bertz CT molecular complexity index is 556. The Kier molecular flexibility index (Phi) is 4.53. The standard InChI is InChI=1S/C17H22F2N2O2/c1-21(11-12-2-4-13(5-3-12)23-16(18)19)15(22)14-10-17(14)6-8-20-9-7-17/h2-5,14,16,20H,6-11H2,1H3. The van der Waals surface area contributed by atoms with Gasteiger partial charge in [-0.2, -0.15) is 8.78 Å². The van der Waals surface area contributed by atoms with Gasteiger partial charge in [0.15, 0.2) is 0 Å². The topological polar surface area (TPSA) is 41.6 Å². The van der Waals surface area contributed by atoms with E-state index >= 15 is 0 Å². The van der Waals surface area contributed by atoms with Crippen molar-refractivity contribution in [3.8, 4) is 5.75 Å². The lowest BCUT2D eigenvalue weighted by Crippen LogP contribution is -2.34. The molecule has 6 heteroatoms. The van der Waals surface area contributed by atoms with Crippen molar-refractivity contribution in [1.29, 1.82) is 0 Å². The summed E-state index contributed by atoms with van der Waals surface area (Å²) in [6.45, 7) is -0.335. The van der Waals surface area contributed by atoms with Crippen LogP contribution in [0, 0.1) is 11.3 Å². The van der Waals surface area contributed by atoms with E-state index in [0.29, 0.717) is 6.54 Å². The van der Waals surface area contributed by atoms with Crippen LogP contribution in [0.15, 0.2) is 24.3 Å². The zero-order valence-corrected chi connectivity index (χ0v) is 13.2. The van der Waals surface area contributed by atoms with E-state index < -0.39 is 6.61 Å². The van der Waals surface area contributed by atoms with E-state index in [-0.39, 0.29) is 23.0 Å². The Morgan fingerprint density at radius 3 is 2.61 bits per heavy atom. The van der Waals surface area contributed by atoms with Crippen molar-refractivity contribution in [2.75, 3.05) is 20.1 Å². The molecule has 1 unspecified atom stereocenters. The fourth-order valence-corrected chi connectivity index (χ4v) is 3.57. The van der Waals surface area contributed by atoms with Gasteiger partial charge in [0.25, 0.3) is 0 Å². The number of benzene rings is 1. The molecule has 1 saturated carbocycles. The minimum Gasteiger partial charge on any atom is -0.435 e. The molecule has 23 heavy (non-hydrogen) atoms. The lowest BCUT2D eigenvalue weighted by atomic mass is 9.91. The first kappa shape index (κ1) is 16.2. The third-order valence-corrected chi connectivity index (χ3v) is 5.03. The highest BCUT2D eigenvalue weighted by Crippen LogP contribution is 2.59. The lowest BCUT2D eigenvalue weighted by molar-refractivity contribution is -0.132. The molecule has 1 aliphatic heterocycles. The van der Waals surface area contributed by atoms with Crippen LogP contribution in [0.4, 0.5) is 8.78 Å². The summed E-state index contributed by atoms with van der Waals surface area (Å²) >= 11 is 0. The van der Waals surface area contributed by atoms with Crippen molar-refractivity contribution in [1.82, 2.24) is 10.2 Å². The van der Waals surface area contributed by atoms with E-state index in [1.165, 1.54) is 12.1 Å². The number of hydrogen-bond donors (Lipinski definition) is 1. The second-order valence-electron chi connectivity index (χ2n) is 6.59. The Labute approximate surface area is 134 Å². The highest BCUT2D eigenvalue weighted by molar-refractivity contribution is 5.82. The molecule has 4 nitrogen and oxygen atoms in total. The van der Waals surface area contributed by atoms with Crippen molar-refractivity contribution < 1.29 is 18.3 Å². The van der Waals surface area contributed by atoms with Gasteiger partial charge in [0, 0.05) is 19.5 Å². The van der Waals surface area contributed by atoms with Gasteiger partial charge in [-0.1, -0.05) is 12.1 Å². The second kappa shape index (κ2) is 6.43. The highest BCUT2D eigenvalue weighted by atomic mass is 19.3. The molecule has 1 N–H and O–H groups in total. The molecule has 1 saturated heterocycles. The number of carbonyl (C=O) groups excluding carboxylic acids is 1. The normalized spacial score (nSPS) is 22.2. The number of nitrogens with one attached hydrogen (secondary N) is 1. The average molecular weight is 324 g/mol. The fourth-order valence-electron chi connectivity index (χ4n) is 3.57. The molecular weight excluding hydrogens is 302 g/mol. The fraction of sp³-hybridized carbons (Fsp3) is 0.588. The van der Waals surface area contributed by atoms with Crippen molar-refractivity contribution >= 4 is 5.91 Å². The number of piperidine rings is 1. The summed E-state index contributed by atoms with van der Waals surface area (Å²) in [6, 6.07) is 6.44. The summed E-state index contributed by atoms with van der Waals surface area (Å²) in [5.41, 5.74) is 1.13. The maximum atomic E-state index is 12.6. The zero-order chi connectivity index (χ0) is 16.4. The summed E-state index contributed by atoms with van der Waals surface area (Å²) in [4.78, 5) is 14.3. The Morgan fingerprint density at radius 2 is 2.00 bits per heavy atom. The number of alkyl halides is 2. The Hall–Kier alpha value is -1.69. The molecule has 2 aliphatic rings. The van der Waals surface area contributed by atoms with Gasteiger partial charge in [-0.25, -0.2) is 0 Å². The van der Waals surface area contributed by atoms with Crippen molar-refractivity contribution in [2.24, 2.45) is 11.3 Å². The van der Waals surface area contributed by atoms with Crippen LogP contribution in [0.2, 0.25) is 0 Å². The van der Waals surface area contributed by atoms with Crippen molar-refractivity contribution in [3.63, 3.8) is 0 Å². The average Bonchev–Trinajstić information content (AvgIpc) is 3.21. The lowest BCUT2D eigenvalue weighted by Gasteiger charge is -2.25. The van der Waals surface area contributed by atoms with Crippen LogP contribution in [0.1, 0.15) is 24.8 Å². The quantitative estimate of drug-likeness (QED) is 0.905. The molecule has 1 aromatic carbocycles. The van der Waals surface area contributed by atoms with Crippen LogP contribution in [-0.2, 0) is 11.3 Å². The summed E-state index contributed by atoms with van der Waals surface area (Å²) < 4.78 is 28.6. The van der Waals surface area contributed by atoms with Gasteiger partial charge in [0.2, 0.25) is 5.91 Å². The van der Waals surface area contributed by atoms with Crippen LogP contribution < -0.4 is 10.1 Å². The van der Waals surface area contributed by atoms with Crippen LogP contribution >= 0.6 is 0 Å². The molecule has 0 aromatic heterocycles. The minimum absolute atomic E-state index is 0.133. The Morgan fingerprint density at radius 1 is 1.35 bits per heavy atom. The van der Waals surface area contributed by atoms with Gasteiger partial charge in [-0.05, 0) is 55.5 Å². The summed E-state index contributed by atoms with van der Waals surface area (Å²) in [5.74, 6) is 0.476. The molecule has 1 aromatic rings. The number of hydrogen-bond acceptors (Lipinski definition) is 3. The molecule has 1 atom stereocenters. The third kappa shape index (κ3) is 3.63. The third-order valence-electron chi connectivity index (χ3n) is 5.03. The smallest absolute Gasteiger partial charge is 0.387 e. The van der Waals surface area contributed by atoms with Crippen molar-refractivity contribution in [2.45, 2.75) is 32.4 Å². The van der Waals surface area contributed by atoms with Gasteiger partial charge in [-0.15, -0.1) is 0 Å². The maximum absolute atomic E-state index is 12.6. The number of rotatable bonds is 5. The first-order chi connectivity index (χ1) is 11.0. The highest BCUT2D eigenvalue weighted by Gasteiger charge is 2.58. The molecular formula is C17H22F2N2O2. The Balaban J connectivity index is 1.54. The molecule has 1 spiro atoms. The van der Waals surface area contributed by atoms with E-state index in [9.17, 15) is 13.6 Å². The number of amides is 1. The van der Waals surface area contributed by atoms with Gasteiger partial charge in [-0.3, -0.25) is 4.79 Å². The van der Waals surface area contributed by atoms with Gasteiger partial charge < -0.3 is 15.0 Å². The summed E-state index contributed by atoms with van der Waals surface area (Å²) in [6.07, 6.45) is 3.16. The molecule has 0 radical (unpaired) electrons. The van der Waals surface area contributed by atoms with E-state index in [1.807, 2.05) is 0 Å². The summed E-state index contributed by atoms with van der Waals surface area (Å²) in [5, 5.41) is 3.34. The van der Waals surface area contributed by atoms with E-state index in [4.69, 9.17) is 0 Å². The molecule has 1 amide bonds. The number of nitrogens with zero attached hydrogens (tertiary/aromatic N) is 1. The van der Waals surface area contributed by atoms with Crippen LogP contribution in [-0.4, -0.2) is 37.6 Å². The van der Waals surface area contributed by atoms with E-state index in [1.54, 1.807) is 24.1 Å². The van der Waals surface area contributed by atoms with Crippen LogP contribution in [0.25, 0.3) is 0 Å². The molecule has 1 heterocycles.